The molecular formula is C10H18O4S. The largest absolute Gasteiger partial charge is 0.300 e. The van der Waals surface area contributed by atoms with E-state index < -0.39 is 10.1 Å². The van der Waals surface area contributed by atoms with Gasteiger partial charge in [-0.15, -0.1) is 0 Å². The number of Topliss-reactive ketones (excluding diaryl/α,β-unsaturated/α-hetero) is 1. The van der Waals surface area contributed by atoms with Crippen molar-refractivity contribution in [2.45, 2.75) is 51.6 Å². The highest BCUT2D eigenvalue weighted by molar-refractivity contribution is 7.86. The maximum atomic E-state index is 11.4. The molecule has 4 nitrogen and oxygen atoms in total. The fourth-order valence-corrected chi connectivity index (χ4v) is 2.93. The van der Waals surface area contributed by atoms with Gasteiger partial charge in [0.05, 0.1) is 11.9 Å². The standard InChI is InChI=1S/C10H18O4S/c1-9(11)7-8-15(12,13)14-10-5-3-2-4-6-10/h10H,2-8H2,1H3. The Morgan fingerprint density at radius 2 is 1.87 bits per heavy atom. The third-order valence-electron chi connectivity index (χ3n) is 2.54. The summed E-state index contributed by atoms with van der Waals surface area (Å²) in [5, 5.41) is 0. The molecule has 0 bridgehead atoms. The average Bonchev–Trinajstić information content (AvgIpc) is 2.16. The van der Waals surface area contributed by atoms with E-state index in [4.69, 9.17) is 4.18 Å². The van der Waals surface area contributed by atoms with Crippen LogP contribution in [0.2, 0.25) is 0 Å². The first kappa shape index (κ1) is 12.6. The van der Waals surface area contributed by atoms with Gasteiger partial charge in [-0.05, 0) is 19.8 Å². The van der Waals surface area contributed by atoms with Gasteiger partial charge in [0.15, 0.2) is 0 Å². The summed E-state index contributed by atoms with van der Waals surface area (Å²) in [6.07, 6.45) is 4.76. The van der Waals surface area contributed by atoms with Crippen LogP contribution in [0.4, 0.5) is 0 Å². The highest BCUT2D eigenvalue weighted by Crippen LogP contribution is 2.22. The van der Waals surface area contributed by atoms with E-state index in [0.29, 0.717) is 0 Å². The van der Waals surface area contributed by atoms with E-state index in [-0.39, 0.29) is 24.1 Å². The number of carbonyl (C=O) groups is 1. The molecule has 0 radical (unpaired) electrons. The first-order chi connectivity index (χ1) is 6.99. The summed E-state index contributed by atoms with van der Waals surface area (Å²) in [5.74, 6) is -0.301. The Morgan fingerprint density at radius 3 is 2.40 bits per heavy atom. The van der Waals surface area contributed by atoms with Crippen molar-refractivity contribution in [3.63, 3.8) is 0 Å². The van der Waals surface area contributed by atoms with Gasteiger partial charge in [-0.2, -0.15) is 8.42 Å². The summed E-state index contributed by atoms with van der Waals surface area (Å²) < 4.78 is 27.9. The highest BCUT2D eigenvalue weighted by Gasteiger charge is 2.21. The van der Waals surface area contributed by atoms with Crippen molar-refractivity contribution >= 4 is 15.9 Å². The Bertz CT molecular complexity index is 301. The molecule has 0 N–H and O–H groups in total. The van der Waals surface area contributed by atoms with Crippen LogP contribution in [0.5, 0.6) is 0 Å². The second kappa shape index (κ2) is 5.61. The minimum atomic E-state index is -3.50. The molecule has 88 valence electrons. The van der Waals surface area contributed by atoms with E-state index in [1.165, 1.54) is 6.92 Å². The van der Waals surface area contributed by atoms with Crippen molar-refractivity contribution < 1.29 is 17.4 Å². The van der Waals surface area contributed by atoms with Gasteiger partial charge >= 0.3 is 0 Å². The first-order valence-corrected chi connectivity index (χ1v) is 6.98. The zero-order valence-corrected chi connectivity index (χ0v) is 9.88. The molecule has 0 aromatic carbocycles. The lowest BCUT2D eigenvalue weighted by Gasteiger charge is -2.21. The minimum absolute atomic E-state index is 0.0506. The van der Waals surface area contributed by atoms with Crippen LogP contribution in [0.25, 0.3) is 0 Å². The van der Waals surface area contributed by atoms with Crippen molar-refractivity contribution in [2.24, 2.45) is 0 Å². The van der Waals surface area contributed by atoms with E-state index >= 15 is 0 Å². The molecule has 0 unspecified atom stereocenters. The van der Waals surface area contributed by atoms with Crippen LogP contribution >= 0.6 is 0 Å². The van der Waals surface area contributed by atoms with Gasteiger partial charge < -0.3 is 0 Å². The van der Waals surface area contributed by atoms with Gasteiger partial charge in [-0.25, -0.2) is 0 Å². The molecule has 1 rings (SSSR count). The molecule has 5 heteroatoms. The zero-order valence-electron chi connectivity index (χ0n) is 9.07. The second-order valence-corrected chi connectivity index (χ2v) is 5.79. The average molecular weight is 234 g/mol. The predicted molar refractivity (Wildman–Crippen MR) is 57.0 cm³/mol. The van der Waals surface area contributed by atoms with E-state index in [1.54, 1.807) is 0 Å². The number of hydrogen-bond acceptors (Lipinski definition) is 4. The smallest absolute Gasteiger partial charge is 0.268 e. The topological polar surface area (TPSA) is 60.4 Å². The summed E-state index contributed by atoms with van der Waals surface area (Å²) in [6.45, 7) is 1.39. The van der Waals surface area contributed by atoms with Crippen molar-refractivity contribution in [1.82, 2.24) is 0 Å². The summed E-state index contributed by atoms with van der Waals surface area (Å²) in [6, 6.07) is 0. The first-order valence-electron chi connectivity index (χ1n) is 5.40. The zero-order chi connectivity index (χ0) is 11.3. The molecule has 0 aromatic heterocycles. The van der Waals surface area contributed by atoms with Crippen LogP contribution in [0.1, 0.15) is 45.4 Å². The Morgan fingerprint density at radius 1 is 1.27 bits per heavy atom. The molecule has 0 atom stereocenters. The van der Waals surface area contributed by atoms with Crippen LogP contribution < -0.4 is 0 Å². The second-order valence-electron chi connectivity index (χ2n) is 4.07. The summed E-state index contributed by atoms with van der Waals surface area (Å²) in [7, 11) is -3.50. The van der Waals surface area contributed by atoms with Crippen LogP contribution in [-0.2, 0) is 19.1 Å². The molecule has 0 heterocycles. The maximum absolute atomic E-state index is 11.4. The molecule has 0 saturated heterocycles. The van der Waals surface area contributed by atoms with Gasteiger partial charge in [0, 0.05) is 6.42 Å². The van der Waals surface area contributed by atoms with Gasteiger partial charge in [-0.3, -0.25) is 8.98 Å². The van der Waals surface area contributed by atoms with Crippen LogP contribution in [0, 0.1) is 0 Å². The van der Waals surface area contributed by atoms with E-state index in [1.807, 2.05) is 0 Å². The predicted octanol–water partition coefficient (Wildman–Crippen LogP) is 1.64. The van der Waals surface area contributed by atoms with Crippen molar-refractivity contribution in [3.05, 3.63) is 0 Å². The number of carbonyl (C=O) groups excluding carboxylic acids is 1. The number of ketones is 1. The lowest BCUT2D eigenvalue weighted by molar-refractivity contribution is -0.116. The molecule has 0 aromatic rings. The normalized spacial score (nSPS) is 19.0. The Hall–Kier alpha value is -0.420. The monoisotopic (exact) mass is 234 g/mol. The third-order valence-corrected chi connectivity index (χ3v) is 3.81. The molecular weight excluding hydrogens is 216 g/mol. The Labute approximate surface area is 91.1 Å². The van der Waals surface area contributed by atoms with Crippen molar-refractivity contribution in [1.29, 1.82) is 0 Å². The van der Waals surface area contributed by atoms with Crippen molar-refractivity contribution in [3.8, 4) is 0 Å². The summed E-state index contributed by atoms with van der Waals surface area (Å²) >= 11 is 0. The lowest BCUT2D eigenvalue weighted by Crippen LogP contribution is -2.23. The molecule has 0 amide bonds. The fraction of sp³-hybridized carbons (Fsp3) is 0.900. The third kappa shape index (κ3) is 5.28. The molecule has 1 aliphatic rings. The molecule has 0 spiro atoms. The fourth-order valence-electron chi connectivity index (χ4n) is 1.69. The van der Waals surface area contributed by atoms with E-state index in [9.17, 15) is 13.2 Å². The highest BCUT2D eigenvalue weighted by atomic mass is 32.2. The van der Waals surface area contributed by atoms with Crippen LogP contribution in [-0.4, -0.2) is 26.1 Å². The van der Waals surface area contributed by atoms with Crippen molar-refractivity contribution in [2.75, 3.05) is 5.75 Å². The number of hydrogen-bond donors (Lipinski definition) is 0. The number of rotatable bonds is 5. The SMILES string of the molecule is CC(=O)CCS(=O)(=O)OC1CCCCC1. The Balaban J connectivity index is 2.37. The summed E-state index contributed by atoms with van der Waals surface area (Å²) in [4.78, 5) is 10.7. The van der Waals surface area contributed by atoms with Crippen LogP contribution in [0.15, 0.2) is 0 Å². The van der Waals surface area contributed by atoms with Gasteiger partial charge in [0.1, 0.15) is 5.78 Å². The molecule has 1 fully saturated rings. The molecule has 1 saturated carbocycles. The van der Waals surface area contributed by atoms with Gasteiger partial charge in [0.25, 0.3) is 10.1 Å². The summed E-state index contributed by atoms with van der Waals surface area (Å²) in [5.41, 5.74) is 0. The minimum Gasteiger partial charge on any atom is -0.300 e. The molecule has 0 aliphatic heterocycles. The quantitative estimate of drug-likeness (QED) is 0.678. The van der Waals surface area contributed by atoms with E-state index in [2.05, 4.69) is 0 Å². The van der Waals surface area contributed by atoms with Crippen LogP contribution in [0.3, 0.4) is 0 Å². The lowest BCUT2D eigenvalue weighted by atomic mass is 9.98. The van der Waals surface area contributed by atoms with Gasteiger partial charge in [-0.1, -0.05) is 19.3 Å². The molecule has 15 heavy (non-hydrogen) atoms. The van der Waals surface area contributed by atoms with E-state index in [0.717, 1.165) is 32.1 Å². The Kier molecular flexibility index (Phi) is 4.73. The van der Waals surface area contributed by atoms with Gasteiger partial charge in [0.2, 0.25) is 0 Å². The maximum Gasteiger partial charge on any atom is 0.268 e. The molecule has 1 aliphatic carbocycles.